The van der Waals surface area contributed by atoms with Crippen LogP contribution >= 0.6 is 0 Å². The van der Waals surface area contributed by atoms with E-state index in [9.17, 15) is 4.79 Å². The third-order valence-corrected chi connectivity index (χ3v) is 5.85. The Morgan fingerprint density at radius 3 is 2.62 bits per heavy atom. The van der Waals surface area contributed by atoms with Crippen molar-refractivity contribution < 1.29 is 9.53 Å². The Kier molecular flexibility index (Phi) is 5.79. The number of amides is 1. The molecule has 0 radical (unpaired) electrons. The van der Waals surface area contributed by atoms with Crippen molar-refractivity contribution >= 4 is 16.8 Å². The summed E-state index contributed by atoms with van der Waals surface area (Å²) in [7, 11) is 0. The van der Waals surface area contributed by atoms with Gasteiger partial charge in [0, 0.05) is 17.0 Å². The van der Waals surface area contributed by atoms with Crippen molar-refractivity contribution in [2.24, 2.45) is 5.92 Å². The van der Waals surface area contributed by atoms with Crippen LogP contribution in [-0.2, 0) is 0 Å². The molecule has 1 fully saturated rings. The molecule has 4 rings (SSSR count). The molecular weight excluding hydrogens is 360 g/mol. The van der Waals surface area contributed by atoms with Gasteiger partial charge in [0.25, 0.3) is 5.91 Å². The fourth-order valence-electron chi connectivity index (χ4n) is 4.18. The summed E-state index contributed by atoms with van der Waals surface area (Å²) < 4.78 is 5.54. The first-order valence-electron chi connectivity index (χ1n) is 10.6. The van der Waals surface area contributed by atoms with Crippen LogP contribution in [0.4, 0.5) is 0 Å². The van der Waals surface area contributed by atoms with E-state index in [2.05, 4.69) is 12.2 Å². The van der Waals surface area contributed by atoms with Gasteiger partial charge >= 0.3 is 0 Å². The summed E-state index contributed by atoms with van der Waals surface area (Å²) in [4.78, 5) is 18.0. The van der Waals surface area contributed by atoms with Gasteiger partial charge in [-0.2, -0.15) is 0 Å². The van der Waals surface area contributed by atoms with Gasteiger partial charge in [-0.05, 0) is 62.1 Å². The highest BCUT2D eigenvalue weighted by Gasteiger charge is 2.24. The van der Waals surface area contributed by atoms with Crippen molar-refractivity contribution in [3.63, 3.8) is 0 Å². The first-order valence-corrected chi connectivity index (χ1v) is 10.6. The molecule has 1 aromatic heterocycles. The number of hydrogen-bond acceptors (Lipinski definition) is 3. The normalized spacial score (nSPS) is 19.1. The molecule has 1 saturated carbocycles. The Bertz CT molecular complexity index is 997. The first-order chi connectivity index (χ1) is 14.2. The van der Waals surface area contributed by atoms with Gasteiger partial charge in [0.05, 0.1) is 23.4 Å². The predicted molar refractivity (Wildman–Crippen MR) is 117 cm³/mol. The third kappa shape index (κ3) is 4.26. The Balaban J connectivity index is 1.69. The van der Waals surface area contributed by atoms with E-state index in [1.807, 2.05) is 61.5 Å². The molecule has 0 spiro atoms. The molecule has 0 bridgehead atoms. The van der Waals surface area contributed by atoms with Gasteiger partial charge in [0.1, 0.15) is 5.75 Å². The van der Waals surface area contributed by atoms with Crippen LogP contribution in [0.15, 0.2) is 54.6 Å². The number of benzene rings is 2. The van der Waals surface area contributed by atoms with Crippen LogP contribution in [0.2, 0.25) is 0 Å². The third-order valence-electron chi connectivity index (χ3n) is 5.85. The number of para-hydroxylation sites is 1. The molecule has 1 heterocycles. The van der Waals surface area contributed by atoms with Crippen molar-refractivity contribution in [2.45, 2.75) is 45.6 Å². The number of ether oxygens (including phenoxy) is 1. The SMILES string of the molecule is CCOc1ccc(-c2cc(C(=O)N[C@H]3CCCC[C@@H]3C)c3ccccc3n2)cc1. The average Bonchev–Trinajstić information content (AvgIpc) is 2.75. The minimum atomic E-state index is -0.00506. The maximum absolute atomic E-state index is 13.2. The van der Waals surface area contributed by atoms with Crippen molar-refractivity contribution in [1.29, 1.82) is 0 Å². The smallest absolute Gasteiger partial charge is 0.252 e. The summed E-state index contributed by atoms with van der Waals surface area (Å²) in [5.41, 5.74) is 3.30. The summed E-state index contributed by atoms with van der Waals surface area (Å²) >= 11 is 0. The van der Waals surface area contributed by atoms with Crippen molar-refractivity contribution in [3.8, 4) is 17.0 Å². The number of aromatic nitrogens is 1. The van der Waals surface area contributed by atoms with Crippen molar-refractivity contribution in [1.82, 2.24) is 10.3 Å². The quantitative estimate of drug-likeness (QED) is 0.618. The molecule has 4 heteroatoms. The molecule has 0 saturated heterocycles. The van der Waals surface area contributed by atoms with E-state index in [0.717, 1.165) is 34.3 Å². The van der Waals surface area contributed by atoms with Crippen LogP contribution in [-0.4, -0.2) is 23.5 Å². The first kappa shape index (κ1) is 19.4. The lowest BCUT2D eigenvalue weighted by atomic mass is 9.85. The van der Waals surface area contributed by atoms with Gasteiger partial charge in [0.2, 0.25) is 0 Å². The molecule has 4 nitrogen and oxygen atoms in total. The zero-order valence-corrected chi connectivity index (χ0v) is 17.2. The number of fused-ring (bicyclic) bond motifs is 1. The lowest BCUT2D eigenvalue weighted by Crippen LogP contribution is -2.41. The minimum Gasteiger partial charge on any atom is -0.494 e. The summed E-state index contributed by atoms with van der Waals surface area (Å²) in [5.74, 6) is 1.35. The molecular formula is C25H28N2O2. The molecule has 3 aromatic rings. The highest BCUT2D eigenvalue weighted by Crippen LogP contribution is 2.28. The van der Waals surface area contributed by atoms with Crippen molar-refractivity contribution in [3.05, 3.63) is 60.2 Å². The van der Waals surface area contributed by atoms with Crippen LogP contribution in [0.1, 0.15) is 49.9 Å². The highest BCUT2D eigenvalue weighted by molar-refractivity contribution is 6.07. The van der Waals surface area contributed by atoms with E-state index in [1.165, 1.54) is 19.3 Å². The molecule has 1 aliphatic carbocycles. The van der Waals surface area contributed by atoms with Crippen LogP contribution in [0.25, 0.3) is 22.2 Å². The largest absolute Gasteiger partial charge is 0.494 e. The molecule has 2 atom stereocenters. The summed E-state index contributed by atoms with van der Waals surface area (Å²) in [5, 5.41) is 4.19. The molecule has 0 aliphatic heterocycles. The lowest BCUT2D eigenvalue weighted by Gasteiger charge is -2.29. The second kappa shape index (κ2) is 8.64. The maximum Gasteiger partial charge on any atom is 0.252 e. The molecule has 29 heavy (non-hydrogen) atoms. The van der Waals surface area contributed by atoms with Gasteiger partial charge in [-0.25, -0.2) is 4.98 Å². The van der Waals surface area contributed by atoms with Crippen LogP contribution in [0.3, 0.4) is 0 Å². The lowest BCUT2D eigenvalue weighted by molar-refractivity contribution is 0.0912. The number of rotatable bonds is 5. The fraction of sp³-hybridized carbons (Fsp3) is 0.360. The predicted octanol–water partition coefficient (Wildman–Crippen LogP) is 5.61. The van der Waals surface area contributed by atoms with Crippen LogP contribution in [0, 0.1) is 5.92 Å². The van der Waals surface area contributed by atoms with Crippen LogP contribution in [0.5, 0.6) is 5.75 Å². The second-order valence-electron chi connectivity index (χ2n) is 7.87. The Labute approximate surface area is 172 Å². The monoisotopic (exact) mass is 388 g/mol. The number of carbonyl (C=O) groups excluding carboxylic acids is 1. The fourth-order valence-corrected chi connectivity index (χ4v) is 4.18. The van der Waals surface area contributed by atoms with E-state index >= 15 is 0 Å². The van der Waals surface area contributed by atoms with Gasteiger partial charge in [-0.3, -0.25) is 4.79 Å². The summed E-state index contributed by atoms with van der Waals surface area (Å²) in [6, 6.07) is 17.9. The number of pyridine rings is 1. The van der Waals surface area contributed by atoms with E-state index < -0.39 is 0 Å². The van der Waals surface area contributed by atoms with E-state index in [1.54, 1.807) is 0 Å². The highest BCUT2D eigenvalue weighted by atomic mass is 16.5. The maximum atomic E-state index is 13.2. The summed E-state index contributed by atoms with van der Waals surface area (Å²) in [6.07, 6.45) is 4.68. The average molecular weight is 389 g/mol. The van der Waals surface area contributed by atoms with Gasteiger partial charge in [-0.1, -0.05) is 38.0 Å². The molecule has 1 aliphatic rings. The molecule has 0 unspecified atom stereocenters. The number of hydrogen-bond donors (Lipinski definition) is 1. The standard InChI is InChI=1S/C25H28N2O2/c1-3-29-19-14-12-18(13-15-19)24-16-21(20-9-5-7-11-23(20)26-24)25(28)27-22-10-6-4-8-17(22)2/h5,7,9,11-17,22H,3-4,6,8,10H2,1-2H3,(H,27,28)/t17-,22-/m0/s1. The van der Waals surface area contributed by atoms with E-state index in [-0.39, 0.29) is 11.9 Å². The summed E-state index contributed by atoms with van der Waals surface area (Å²) in [6.45, 7) is 4.84. The number of nitrogens with one attached hydrogen (secondary N) is 1. The topological polar surface area (TPSA) is 51.2 Å². The number of carbonyl (C=O) groups is 1. The van der Waals surface area contributed by atoms with Gasteiger partial charge in [0.15, 0.2) is 0 Å². The molecule has 150 valence electrons. The minimum absolute atomic E-state index is 0.00506. The molecule has 1 N–H and O–H groups in total. The van der Waals surface area contributed by atoms with Gasteiger partial charge < -0.3 is 10.1 Å². The Morgan fingerprint density at radius 1 is 1.10 bits per heavy atom. The molecule has 2 aromatic carbocycles. The van der Waals surface area contributed by atoms with Gasteiger partial charge in [-0.15, -0.1) is 0 Å². The van der Waals surface area contributed by atoms with E-state index in [0.29, 0.717) is 18.1 Å². The Morgan fingerprint density at radius 2 is 1.86 bits per heavy atom. The second-order valence-corrected chi connectivity index (χ2v) is 7.87. The molecule has 1 amide bonds. The van der Waals surface area contributed by atoms with Crippen LogP contribution < -0.4 is 10.1 Å². The van der Waals surface area contributed by atoms with E-state index in [4.69, 9.17) is 9.72 Å². The zero-order chi connectivity index (χ0) is 20.2. The van der Waals surface area contributed by atoms with Crippen molar-refractivity contribution in [2.75, 3.05) is 6.61 Å². The Hall–Kier alpha value is -2.88. The zero-order valence-electron chi connectivity index (χ0n) is 17.2. The number of nitrogens with zero attached hydrogens (tertiary/aromatic N) is 1.